The van der Waals surface area contributed by atoms with Crippen LogP contribution in [0.5, 0.6) is 5.75 Å². The summed E-state index contributed by atoms with van der Waals surface area (Å²) >= 11 is 4.45. The molecular formula is C15H12BrF3N2O3S. The zero-order valence-corrected chi connectivity index (χ0v) is 15.1. The van der Waals surface area contributed by atoms with Crippen LogP contribution in [0.15, 0.2) is 40.2 Å². The van der Waals surface area contributed by atoms with Crippen molar-refractivity contribution in [2.24, 2.45) is 0 Å². The molecule has 0 fully saturated rings. The van der Waals surface area contributed by atoms with E-state index in [1.165, 1.54) is 30.4 Å². The molecule has 0 saturated carbocycles. The summed E-state index contributed by atoms with van der Waals surface area (Å²) in [4.78, 5) is 24.5. The third kappa shape index (κ3) is 6.05. The lowest BCUT2D eigenvalue weighted by Crippen LogP contribution is -2.41. The summed E-state index contributed by atoms with van der Waals surface area (Å²) < 4.78 is 41.2. The van der Waals surface area contributed by atoms with Crippen LogP contribution in [0.4, 0.5) is 18.9 Å². The first-order valence-electron chi connectivity index (χ1n) is 6.87. The number of benzene rings is 1. The highest BCUT2D eigenvalue weighted by Crippen LogP contribution is 2.25. The third-order valence-electron chi connectivity index (χ3n) is 2.87. The number of nitrogens with one attached hydrogen (secondary N) is 2. The molecule has 0 aliphatic rings. The Bertz CT molecular complexity index is 779. The minimum Gasteiger partial charge on any atom is -0.406 e. The van der Waals surface area contributed by atoms with Gasteiger partial charge in [-0.15, -0.1) is 24.5 Å². The van der Waals surface area contributed by atoms with Gasteiger partial charge in [-0.25, -0.2) is 0 Å². The Balaban J connectivity index is 1.96. The Labute approximate surface area is 153 Å². The molecule has 25 heavy (non-hydrogen) atoms. The van der Waals surface area contributed by atoms with Crippen LogP contribution in [0.2, 0.25) is 0 Å². The van der Waals surface area contributed by atoms with Crippen LogP contribution in [-0.4, -0.2) is 24.2 Å². The number of rotatable bonds is 5. The van der Waals surface area contributed by atoms with Gasteiger partial charge in [0.2, 0.25) is 5.91 Å². The van der Waals surface area contributed by atoms with Gasteiger partial charge in [-0.1, -0.05) is 6.07 Å². The summed E-state index contributed by atoms with van der Waals surface area (Å²) in [5.41, 5.74) is 0.117. The number of alkyl halides is 3. The number of hydrogen-bond acceptors (Lipinski definition) is 4. The molecule has 1 heterocycles. The summed E-state index contributed by atoms with van der Waals surface area (Å²) in [7, 11) is 0. The normalized spacial score (nSPS) is 12.4. The van der Waals surface area contributed by atoms with E-state index in [-0.39, 0.29) is 5.69 Å². The van der Waals surface area contributed by atoms with Gasteiger partial charge in [0.25, 0.3) is 5.91 Å². The molecule has 5 nitrogen and oxygen atoms in total. The topological polar surface area (TPSA) is 67.4 Å². The third-order valence-corrected chi connectivity index (χ3v) is 4.50. The molecule has 0 saturated heterocycles. The molecule has 0 aliphatic heterocycles. The number of anilines is 1. The van der Waals surface area contributed by atoms with E-state index in [0.717, 1.165) is 15.9 Å². The van der Waals surface area contributed by atoms with E-state index in [2.05, 4.69) is 31.3 Å². The van der Waals surface area contributed by atoms with Crippen LogP contribution >= 0.6 is 27.3 Å². The Morgan fingerprint density at radius 2 is 1.96 bits per heavy atom. The summed E-state index contributed by atoms with van der Waals surface area (Å²) in [6.07, 6.45) is -4.82. The fourth-order valence-electron chi connectivity index (χ4n) is 1.79. The summed E-state index contributed by atoms with van der Waals surface area (Å²) in [5, 5.41) is 4.93. The maximum atomic E-state index is 12.2. The van der Waals surface area contributed by atoms with Crippen molar-refractivity contribution in [3.8, 4) is 5.75 Å². The van der Waals surface area contributed by atoms with E-state index in [9.17, 15) is 22.8 Å². The molecule has 2 rings (SSSR count). The van der Waals surface area contributed by atoms with Crippen LogP contribution in [0, 0.1) is 0 Å². The molecule has 1 atom stereocenters. The number of hydrogen-bond donors (Lipinski definition) is 2. The maximum Gasteiger partial charge on any atom is 0.573 e. The lowest BCUT2D eigenvalue weighted by molar-refractivity contribution is -0.274. The molecule has 10 heteroatoms. The van der Waals surface area contributed by atoms with Crippen LogP contribution in [0.25, 0.3) is 0 Å². The van der Waals surface area contributed by atoms with Crippen LogP contribution < -0.4 is 15.4 Å². The molecule has 2 aromatic rings. The molecule has 134 valence electrons. The first-order valence-corrected chi connectivity index (χ1v) is 8.48. The Morgan fingerprint density at radius 1 is 1.24 bits per heavy atom. The van der Waals surface area contributed by atoms with Crippen molar-refractivity contribution < 1.29 is 27.5 Å². The van der Waals surface area contributed by atoms with Gasteiger partial charge in [0.1, 0.15) is 11.8 Å². The van der Waals surface area contributed by atoms with Crippen molar-refractivity contribution in [3.05, 3.63) is 45.1 Å². The Morgan fingerprint density at radius 3 is 2.56 bits per heavy atom. The summed E-state index contributed by atoms with van der Waals surface area (Å²) in [6, 6.07) is 7.29. The summed E-state index contributed by atoms with van der Waals surface area (Å²) in [5.74, 6) is -1.45. The van der Waals surface area contributed by atoms with Crippen LogP contribution in [0.3, 0.4) is 0 Å². The first-order chi connectivity index (χ1) is 11.6. The molecule has 1 aromatic carbocycles. The highest BCUT2D eigenvalue weighted by atomic mass is 79.9. The fraction of sp³-hybridized carbons (Fsp3) is 0.200. The average Bonchev–Trinajstić information content (AvgIpc) is 2.92. The lowest BCUT2D eigenvalue weighted by atomic mass is 10.2. The van der Waals surface area contributed by atoms with Crippen molar-refractivity contribution in [2.45, 2.75) is 19.3 Å². The number of carbonyl (C=O) groups is 2. The standard InChI is InChI=1S/C15H12BrF3N2O3S/c1-8(20-14(23)11-5-6-12(16)25-11)13(22)21-9-3-2-4-10(7-9)24-15(17,18)19/h2-8H,1H3,(H,20,23)(H,21,22). The second-order valence-electron chi connectivity index (χ2n) is 4.86. The fourth-order valence-corrected chi connectivity index (χ4v) is 3.08. The number of carbonyl (C=O) groups excluding carboxylic acids is 2. The van der Waals surface area contributed by atoms with Crippen molar-refractivity contribution >= 4 is 44.8 Å². The monoisotopic (exact) mass is 436 g/mol. The quantitative estimate of drug-likeness (QED) is 0.738. The molecular weight excluding hydrogens is 425 g/mol. The number of amides is 2. The first kappa shape index (κ1) is 19.3. The minimum atomic E-state index is -4.82. The molecule has 2 N–H and O–H groups in total. The predicted octanol–water partition coefficient (Wildman–Crippen LogP) is 4.17. The van der Waals surface area contributed by atoms with Gasteiger partial charge < -0.3 is 15.4 Å². The smallest absolute Gasteiger partial charge is 0.406 e. The average molecular weight is 437 g/mol. The van der Waals surface area contributed by atoms with E-state index in [1.54, 1.807) is 12.1 Å². The number of thiophene rings is 1. The Hall–Kier alpha value is -2.07. The number of ether oxygens (including phenoxy) is 1. The lowest BCUT2D eigenvalue weighted by Gasteiger charge is -2.14. The molecule has 0 radical (unpaired) electrons. The summed E-state index contributed by atoms with van der Waals surface area (Å²) in [6.45, 7) is 1.46. The van der Waals surface area contributed by atoms with E-state index in [4.69, 9.17) is 0 Å². The van der Waals surface area contributed by atoms with Gasteiger partial charge >= 0.3 is 6.36 Å². The zero-order chi connectivity index (χ0) is 18.6. The van der Waals surface area contributed by atoms with Gasteiger partial charge in [0, 0.05) is 11.8 Å². The van der Waals surface area contributed by atoms with Crippen molar-refractivity contribution in [1.82, 2.24) is 5.32 Å². The van der Waals surface area contributed by atoms with Gasteiger partial charge in [0.15, 0.2) is 0 Å². The molecule has 0 aliphatic carbocycles. The largest absolute Gasteiger partial charge is 0.573 e. The molecule has 1 unspecified atom stereocenters. The molecule has 1 aromatic heterocycles. The second kappa shape index (κ2) is 7.87. The molecule has 0 bridgehead atoms. The van der Waals surface area contributed by atoms with Gasteiger partial charge in [-0.2, -0.15) is 0 Å². The highest BCUT2D eigenvalue weighted by Gasteiger charge is 2.31. The van der Waals surface area contributed by atoms with Crippen molar-refractivity contribution in [3.63, 3.8) is 0 Å². The predicted molar refractivity (Wildman–Crippen MR) is 90.7 cm³/mol. The van der Waals surface area contributed by atoms with Gasteiger partial charge in [-0.3, -0.25) is 9.59 Å². The van der Waals surface area contributed by atoms with Gasteiger partial charge in [-0.05, 0) is 47.1 Å². The minimum absolute atomic E-state index is 0.117. The number of halogens is 4. The second-order valence-corrected chi connectivity index (χ2v) is 7.33. The maximum absolute atomic E-state index is 12.2. The Kier molecular flexibility index (Phi) is 6.07. The highest BCUT2D eigenvalue weighted by molar-refractivity contribution is 9.11. The van der Waals surface area contributed by atoms with E-state index in [0.29, 0.717) is 4.88 Å². The van der Waals surface area contributed by atoms with Crippen LogP contribution in [-0.2, 0) is 4.79 Å². The van der Waals surface area contributed by atoms with Crippen LogP contribution in [0.1, 0.15) is 16.6 Å². The van der Waals surface area contributed by atoms with Crippen molar-refractivity contribution in [2.75, 3.05) is 5.32 Å². The molecule has 0 spiro atoms. The SMILES string of the molecule is CC(NC(=O)c1ccc(Br)s1)C(=O)Nc1cccc(OC(F)(F)F)c1. The van der Waals surface area contributed by atoms with E-state index >= 15 is 0 Å². The van der Waals surface area contributed by atoms with Crippen molar-refractivity contribution in [1.29, 1.82) is 0 Å². The van der Waals surface area contributed by atoms with E-state index < -0.39 is 30.0 Å². The zero-order valence-electron chi connectivity index (χ0n) is 12.7. The van der Waals surface area contributed by atoms with E-state index in [1.807, 2.05) is 0 Å². The molecule has 2 amide bonds. The van der Waals surface area contributed by atoms with Gasteiger partial charge in [0.05, 0.1) is 8.66 Å².